The van der Waals surface area contributed by atoms with E-state index in [-0.39, 0.29) is 52.6 Å². The van der Waals surface area contributed by atoms with Gasteiger partial charge in [0.1, 0.15) is 53.3 Å². The van der Waals surface area contributed by atoms with Crippen molar-refractivity contribution in [1.82, 2.24) is 78.1 Å². The van der Waals surface area contributed by atoms with Gasteiger partial charge in [-0.1, -0.05) is 77.8 Å². The third kappa shape index (κ3) is 14.0. The Bertz CT molecular complexity index is 6480. The molecule has 8 fully saturated rings. The summed E-state index contributed by atoms with van der Waals surface area (Å²) in [7, 11) is 8.55. The van der Waals surface area contributed by atoms with Crippen LogP contribution in [0.3, 0.4) is 0 Å². The first-order valence-electron chi connectivity index (χ1n) is 41.1. The Kier molecular flexibility index (Phi) is 21.5. The summed E-state index contributed by atoms with van der Waals surface area (Å²) in [6.07, 6.45) is -0.168. The number of nitrogens with one attached hydrogen (secondary N) is 4. The fourth-order valence-corrected chi connectivity index (χ4v) is 19.9. The number of aryl methyl sites for hydroxylation is 3. The Labute approximate surface area is 717 Å². The molecule has 8 aromatic heterocycles. The van der Waals surface area contributed by atoms with Crippen LogP contribution in [0.5, 0.6) is 5.75 Å². The van der Waals surface area contributed by atoms with E-state index >= 15 is 0 Å². The Balaban J connectivity index is 0.000000118. The highest BCUT2D eigenvalue weighted by molar-refractivity contribution is 5.92. The number of imidazole rings is 4. The largest absolute Gasteiger partial charge is 0.495 e. The van der Waals surface area contributed by atoms with Gasteiger partial charge in [-0.25, -0.2) is 59.8 Å². The molecular formula is C92H92N20O13. The number of methoxy groups -OCH3 is 1. The minimum Gasteiger partial charge on any atom is -0.495 e. The molecule has 0 aliphatic heterocycles. The number of hydrogen-bond donors (Lipinski definition) is 12. The molecule has 125 heavy (non-hydrogen) atoms. The number of aromatic nitrogens is 16. The van der Waals surface area contributed by atoms with Crippen molar-refractivity contribution < 1.29 is 64.8 Å². The van der Waals surface area contributed by atoms with Crippen molar-refractivity contribution in [2.75, 3.05) is 56.6 Å². The van der Waals surface area contributed by atoms with Gasteiger partial charge < -0.3 is 85.1 Å². The van der Waals surface area contributed by atoms with Crippen molar-refractivity contribution in [2.24, 2.45) is 45.3 Å². The molecule has 4 aromatic carbocycles. The molecule has 0 radical (unpaired) electrons. The number of para-hydroxylation sites is 1. The number of carbonyl (C=O) groups is 4. The van der Waals surface area contributed by atoms with Crippen LogP contribution < -0.4 is 26.0 Å². The third-order valence-electron chi connectivity index (χ3n) is 26.7. The molecule has 0 bridgehead atoms. The number of hydrogen-bond acceptors (Lipinski definition) is 29. The minimum atomic E-state index is -1.11. The average Bonchev–Trinajstić information content (AvgIpc) is 1.53. The highest BCUT2D eigenvalue weighted by Gasteiger charge is 2.77. The Morgan fingerprint density at radius 1 is 0.360 bits per heavy atom. The van der Waals surface area contributed by atoms with Crippen LogP contribution in [0.15, 0.2) is 122 Å². The molecule has 12 N–H and O–H groups in total. The van der Waals surface area contributed by atoms with E-state index in [9.17, 15) is 60.0 Å². The molecule has 0 amide bonds. The molecule has 0 saturated heterocycles. The number of aliphatic hydroxyl groups is 8. The number of aliphatic hydroxyl groups excluding tert-OH is 8. The Morgan fingerprint density at radius 2 is 0.648 bits per heavy atom. The maximum atomic E-state index is 12.2. The van der Waals surface area contributed by atoms with Crippen molar-refractivity contribution in [2.45, 2.75) is 147 Å². The molecule has 8 unspecified atom stereocenters. The zero-order valence-corrected chi connectivity index (χ0v) is 70.4. The highest BCUT2D eigenvalue weighted by atomic mass is 16.5. The normalized spacial score (nSPS) is 28.5. The number of rotatable bonds is 13. The SMILES string of the molecule is CNc1nc(C#Cc2ccc(C)cc2)nc2c1ncn2[C@@H]1C2C[C@@]2(C(C)=O)C(O)[C@H]1O.CNc1nc(C#Cc2cccc(C)c2)nc2c1ncn2[C@@H]1C2C[C@@]2(C(C)=O)C(O)[C@H]1O.CNc1nc(C#Cc2cccc(C)c2)nc2c1ncn2[C@@H]1C2C[C@@]2(C(C)=O)C(O)[C@H]1O.CNc1nc(C#Cc2ccccc2OC)nc2c1ncn2[C@@H]1C2C[C@@]2(C(C)=O)C(O)[C@H]1O. The van der Waals surface area contributed by atoms with Gasteiger partial charge in [-0.3, -0.25) is 19.2 Å². The molecule has 12 aromatic rings. The van der Waals surface area contributed by atoms with Crippen molar-refractivity contribution in [3.05, 3.63) is 185 Å². The highest BCUT2D eigenvalue weighted by Crippen LogP contribution is 2.71. The number of fused-ring (bicyclic) bond motifs is 8. The van der Waals surface area contributed by atoms with Gasteiger partial charge in [0.15, 0.2) is 67.9 Å². The van der Waals surface area contributed by atoms with Crippen molar-refractivity contribution in [3.63, 3.8) is 0 Å². The monoisotopic (exact) mass is 1680 g/mol. The van der Waals surface area contributed by atoms with Crippen LogP contribution in [-0.2, 0) is 19.2 Å². The van der Waals surface area contributed by atoms with Gasteiger partial charge in [-0.15, -0.1) is 0 Å². The predicted molar refractivity (Wildman–Crippen MR) is 459 cm³/mol. The first kappa shape index (κ1) is 83.9. The van der Waals surface area contributed by atoms with E-state index in [0.29, 0.717) is 122 Å². The van der Waals surface area contributed by atoms with E-state index in [1.807, 2.05) is 118 Å². The molecule has 638 valence electrons. The number of Topliss-reactive ketones (excluding diaryl/α,β-unsaturated/α-hetero) is 4. The molecule has 8 aliphatic rings. The standard InChI is InChI=1S/C23H23N5O4.3C23H23N5O3/c1-12(29)23-10-14(23)18(19(30)20(23)31)28-11-25-17-21(24-2)26-16(27-22(17)28)9-8-13-6-4-5-7-15(13)32-3;1-12-4-6-14(7-5-12)8-9-16-26-21(24-3)17-22(27-16)28(11-25-17)18-15-10-23(15,13(2)29)20(31)19(18)30;2*1-12-5-4-6-14(9-12)7-8-16-26-21(24-3)17-22(27-16)28(11-25-17)18-15-10-23(15,13(2)29)20(31)19(18)30/h4-7,11,14,18-20,30-31H,10H2,1-3H3,(H,24,26,27);4-7,11,15,18-20,30-31H,10H2,1-3H3,(H,24,26,27);2*4-6,9,11,15,18-20,30-31H,10H2,1-3H3,(H,24,26,27)/t14?,18-,19+,20?,23+;3*15?,18-,19+,20?,23+/m1111/s1. The smallest absolute Gasteiger partial charge is 0.209 e. The van der Waals surface area contributed by atoms with E-state index in [0.717, 1.165) is 33.4 Å². The molecule has 8 heterocycles. The van der Waals surface area contributed by atoms with Crippen LogP contribution in [0.1, 0.15) is 140 Å². The summed E-state index contributed by atoms with van der Waals surface area (Å²) in [5.41, 5.74) is 7.36. The van der Waals surface area contributed by atoms with Crippen LogP contribution in [-0.4, -0.2) is 226 Å². The summed E-state index contributed by atoms with van der Waals surface area (Å²) in [4.78, 5) is 103. The quantitative estimate of drug-likeness (QED) is 0.0635. The third-order valence-corrected chi connectivity index (χ3v) is 26.7. The van der Waals surface area contributed by atoms with Crippen LogP contribution in [0, 0.1) is 113 Å². The number of ether oxygens (including phenoxy) is 1. The van der Waals surface area contributed by atoms with E-state index in [4.69, 9.17) is 4.74 Å². The molecule has 8 saturated carbocycles. The van der Waals surface area contributed by atoms with Crippen molar-refractivity contribution >= 4 is 91.1 Å². The number of carbonyl (C=O) groups excluding carboxylic acids is 4. The molecule has 33 heteroatoms. The van der Waals surface area contributed by atoms with E-state index in [2.05, 4.69) is 128 Å². The molecule has 20 rings (SSSR count). The second-order valence-corrected chi connectivity index (χ2v) is 33.5. The lowest BCUT2D eigenvalue weighted by molar-refractivity contribution is -0.128. The summed E-state index contributed by atoms with van der Waals surface area (Å²) in [5, 5.41) is 97.4. The summed E-state index contributed by atoms with van der Waals surface area (Å²) in [6, 6.07) is 29.0. The van der Waals surface area contributed by atoms with E-state index in [1.54, 1.807) is 78.9 Å². The maximum absolute atomic E-state index is 12.2. The summed E-state index contributed by atoms with van der Waals surface area (Å²) in [6.45, 7) is 11.9. The van der Waals surface area contributed by atoms with Gasteiger partial charge in [0, 0.05) is 44.9 Å². The van der Waals surface area contributed by atoms with E-state index in [1.165, 1.54) is 27.7 Å². The second-order valence-electron chi connectivity index (χ2n) is 33.5. The predicted octanol–water partition coefficient (Wildman–Crippen LogP) is 5.49. The fraction of sp³-hybridized carbons (Fsp3) is 0.391. The molecule has 8 aliphatic carbocycles. The number of benzene rings is 4. The zero-order chi connectivity index (χ0) is 88.4. The van der Waals surface area contributed by atoms with Gasteiger partial charge in [0.25, 0.3) is 0 Å². The number of ketones is 4. The van der Waals surface area contributed by atoms with Crippen LogP contribution in [0.25, 0.3) is 44.7 Å². The van der Waals surface area contributed by atoms with Gasteiger partial charge in [0.05, 0.1) is 108 Å². The van der Waals surface area contributed by atoms with Gasteiger partial charge in [-0.05, 0) is 181 Å². The summed E-state index contributed by atoms with van der Waals surface area (Å²) >= 11 is 0. The minimum absolute atomic E-state index is 0.0915. The van der Waals surface area contributed by atoms with Crippen molar-refractivity contribution in [1.29, 1.82) is 0 Å². The Hall–Kier alpha value is -13.3. The second kappa shape index (κ2) is 32.1. The van der Waals surface area contributed by atoms with Crippen LogP contribution in [0.4, 0.5) is 23.3 Å². The first-order valence-corrected chi connectivity index (χ1v) is 41.1. The molecule has 20 atom stereocenters. The van der Waals surface area contributed by atoms with Gasteiger partial charge in [0.2, 0.25) is 23.3 Å². The lowest BCUT2D eigenvalue weighted by Crippen LogP contribution is -2.36. The van der Waals surface area contributed by atoms with Gasteiger partial charge >= 0.3 is 0 Å². The first-order chi connectivity index (χ1) is 60.0. The summed E-state index contributed by atoms with van der Waals surface area (Å²) in [5.74, 6) is 27.3. The van der Waals surface area contributed by atoms with Crippen LogP contribution >= 0.6 is 0 Å². The topological polar surface area (TPSA) is 462 Å². The summed E-state index contributed by atoms with van der Waals surface area (Å²) < 4.78 is 12.3. The van der Waals surface area contributed by atoms with Crippen LogP contribution in [0.2, 0.25) is 0 Å². The Morgan fingerprint density at radius 3 is 0.920 bits per heavy atom. The lowest BCUT2D eigenvalue weighted by Gasteiger charge is -2.23. The number of nitrogens with zero attached hydrogens (tertiary/aromatic N) is 16. The van der Waals surface area contributed by atoms with Crippen molar-refractivity contribution in [3.8, 4) is 53.1 Å². The number of anilines is 4. The molecule has 0 spiro atoms. The van der Waals surface area contributed by atoms with Gasteiger partial charge in [-0.2, -0.15) is 0 Å². The maximum Gasteiger partial charge on any atom is 0.209 e. The average molecular weight is 1690 g/mol. The lowest BCUT2D eigenvalue weighted by atomic mass is 9.95. The molecule has 33 nitrogen and oxygen atoms in total. The fourth-order valence-electron chi connectivity index (χ4n) is 19.9. The van der Waals surface area contributed by atoms with E-state index < -0.39 is 94.7 Å². The molecular weight excluding hydrogens is 1590 g/mol. The zero-order valence-electron chi connectivity index (χ0n) is 70.4.